The van der Waals surface area contributed by atoms with Crippen molar-refractivity contribution in [2.75, 3.05) is 0 Å². The zero-order valence-corrected chi connectivity index (χ0v) is 6.82. The van der Waals surface area contributed by atoms with Gasteiger partial charge in [0.2, 0.25) is 0 Å². The highest BCUT2D eigenvalue weighted by Gasteiger charge is 1.83. The van der Waals surface area contributed by atoms with Gasteiger partial charge in [0.15, 0.2) is 0 Å². The topological polar surface area (TPSA) is 0 Å². The molecule has 0 nitrogen and oxygen atoms in total. The van der Waals surface area contributed by atoms with Gasteiger partial charge < -0.3 is 0 Å². The molecule has 0 aromatic heterocycles. The van der Waals surface area contributed by atoms with Crippen molar-refractivity contribution in [3.8, 4) is 0 Å². The predicted molar refractivity (Wildman–Crippen MR) is 43.4 cm³/mol. The highest BCUT2D eigenvalue weighted by Crippen LogP contribution is 2.03. The molecule has 0 spiro atoms. The lowest BCUT2D eigenvalue weighted by Crippen LogP contribution is -1.73. The van der Waals surface area contributed by atoms with Gasteiger partial charge in [0.25, 0.3) is 0 Å². The van der Waals surface area contributed by atoms with Gasteiger partial charge in [-0.3, -0.25) is 0 Å². The molecular formula is C9H19. The maximum absolute atomic E-state index is 2.26. The molecule has 0 heterocycles. The Bertz CT molecular complexity index is 25.0. The number of rotatable bonds is 5. The molecule has 55 valence electrons. The second-order valence-electron chi connectivity index (χ2n) is 2.41. The van der Waals surface area contributed by atoms with Gasteiger partial charge in [0.1, 0.15) is 0 Å². The van der Waals surface area contributed by atoms with Crippen LogP contribution in [0.25, 0.3) is 0 Å². The second kappa shape index (κ2) is 10.9. The van der Waals surface area contributed by atoms with Crippen LogP contribution in [-0.4, -0.2) is 0 Å². The standard InChI is InChI=1S/C8H18.CH/c1-3-5-7-8-6-4-2;/h3-8H2,1-2H3;1H. The van der Waals surface area contributed by atoms with E-state index in [0.717, 1.165) is 0 Å². The lowest BCUT2D eigenvalue weighted by atomic mass is 10.1. The smallest absolute Gasteiger partial charge is 0.0312 e. The SMILES string of the molecule is CCCCCCCC.[CH]. The average Bonchev–Trinajstić information content (AvgIpc) is 1.81. The number of hydrogen-bond donors (Lipinski definition) is 0. The third-order valence-electron chi connectivity index (χ3n) is 1.46. The Balaban J connectivity index is 0. The van der Waals surface area contributed by atoms with Gasteiger partial charge in [-0.1, -0.05) is 52.4 Å². The molecule has 0 unspecified atom stereocenters. The summed E-state index contributed by atoms with van der Waals surface area (Å²) in [7, 11) is 0. The molecule has 0 fully saturated rings. The normalized spacial score (nSPS) is 8.67. The third kappa shape index (κ3) is 11.5. The Morgan fingerprint density at radius 3 is 1.22 bits per heavy atom. The first-order valence-electron chi connectivity index (χ1n) is 3.91. The van der Waals surface area contributed by atoms with Gasteiger partial charge >= 0.3 is 0 Å². The molecule has 0 saturated carbocycles. The molecule has 0 N–H and O–H groups in total. The van der Waals surface area contributed by atoms with Gasteiger partial charge in [0, 0.05) is 0 Å². The zero-order chi connectivity index (χ0) is 6.24. The van der Waals surface area contributed by atoms with Crippen LogP contribution in [0.3, 0.4) is 0 Å². The first-order valence-corrected chi connectivity index (χ1v) is 3.91. The Kier molecular flexibility index (Phi) is 14.2. The van der Waals surface area contributed by atoms with Crippen molar-refractivity contribution in [1.29, 1.82) is 0 Å². The van der Waals surface area contributed by atoms with E-state index in [-0.39, 0.29) is 7.43 Å². The molecule has 0 atom stereocenters. The number of hydrogen-bond acceptors (Lipinski definition) is 0. The largest absolute Gasteiger partial charge is 0.0654 e. The van der Waals surface area contributed by atoms with Gasteiger partial charge in [-0.2, -0.15) is 0 Å². The maximum Gasteiger partial charge on any atom is -0.0312 e. The molecule has 9 heavy (non-hydrogen) atoms. The first kappa shape index (κ1) is 11.8. The summed E-state index contributed by atoms with van der Waals surface area (Å²) in [6, 6.07) is 0. The highest BCUT2D eigenvalue weighted by molar-refractivity contribution is 4.39. The Labute approximate surface area is 60.7 Å². The highest BCUT2D eigenvalue weighted by atomic mass is 13.9. The van der Waals surface area contributed by atoms with E-state index in [0.29, 0.717) is 0 Å². The fourth-order valence-corrected chi connectivity index (χ4v) is 0.854. The van der Waals surface area contributed by atoms with Crippen LogP contribution in [0, 0.1) is 7.43 Å². The van der Waals surface area contributed by atoms with Gasteiger partial charge in [-0.25, -0.2) is 0 Å². The fraction of sp³-hybridized carbons (Fsp3) is 0.889. The molecule has 0 heteroatoms. The first-order chi connectivity index (χ1) is 3.91. The molecule has 0 aliphatic heterocycles. The van der Waals surface area contributed by atoms with Crippen molar-refractivity contribution in [2.24, 2.45) is 0 Å². The summed E-state index contributed by atoms with van der Waals surface area (Å²) in [6.45, 7) is 4.51. The molecule has 0 saturated heterocycles. The Morgan fingerprint density at radius 2 is 1.00 bits per heavy atom. The maximum atomic E-state index is 2.26. The van der Waals surface area contributed by atoms with E-state index >= 15 is 0 Å². The van der Waals surface area contributed by atoms with Crippen LogP contribution in [-0.2, 0) is 0 Å². The van der Waals surface area contributed by atoms with Crippen LogP contribution in [0.5, 0.6) is 0 Å². The van der Waals surface area contributed by atoms with Crippen molar-refractivity contribution >= 4 is 0 Å². The van der Waals surface area contributed by atoms with Gasteiger partial charge in [-0.15, -0.1) is 0 Å². The van der Waals surface area contributed by atoms with Crippen LogP contribution in [0.15, 0.2) is 0 Å². The summed E-state index contributed by atoms with van der Waals surface area (Å²) in [4.78, 5) is 0. The molecule has 0 aliphatic rings. The third-order valence-corrected chi connectivity index (χ3v) is 1.46. The van der Waals surface area contributed by atoms with Crippen LogP contribution >= 0.6 is 0 Å². The van der Waals surface area contributed by atoms with E-state index in [9.17, 15) is 0 Å². The zero-order valence-electron chi connectivity index (χ0n) is 6.82. The average molecular weight is 127 g/mol. The monoisotopic (exact) mass is 127 g/mol. The summed E-state index contributed by atoms with van der Waals surface area (Å²) in [5.74, 6) is 0. The minimum Gasteiger partial charge on any atom is -0.0654 e. The van der Waals surface area contributed by atoms with E-state index in [4.69, 9.17) is 0 Å². The molecule has 0 bridgehead atoms. The van der Waals surface area contributed by atoms with Crippen LogP contribution in [0.4, 0.5) is 0 Å². The molecular weight excluding hydrogens is 108 g/mol. The van der Waals surface area contributed by atoms with Crippen LogP contribution in [0.1, 0.15) is 52.4 Å². The molecule has 3 radical (unpaired) electrons. The Hall–Kier alpha value is 0. The lowest BCUT2D eigenvalue weighted by Gasteiger charge is -1.93. The molecule has 0 aromatic carbocycles. The summed E-state index contributed by atoms with van der Waals surface area (Å²) < 4.78 is 0. The molecule has 0 aliphatic carbocycles. The van der Waals surface area contributed by atoms with Crippen LogP contribution in [0.2, 0.25) is 0 Å². The minimum atomic E-state index is 0. The Morgan fingerprint density at radius 1 is 0.667 bits per heavy atom. The van der Waals surface area contributed by atoms with Gasteiger partial charge in [-0.05, 0) is 7.43 Å². The summed E-state index contributed by atoms with van der Waals surface area (Å²) in [5, 5.41) is 0. The summed E-state index contributed by atoms with van der Waals surface area (Å²) in [6.07, 6.45) is 8.49. The number of unbranched alkanes of at least 4 members (excludes halogenated alkanes) is 5. The predicted octanol–water partition coefficient (Wildman–Crippen LogP) is 3.57. The van der Waals surface area contributed by atoms with E-state index in [1.165, 1.54) is 38.5 Å². The molecule has 0 rings (SSSR count). The van der Waals surface area contributed by atoms with Crippen LogP contribution < -0.4 is 0 Å². The van der Waals surface area contributed by atoms with Crippen molar-refractivity contribution in [3.05, 3.63) is 7.43 Å². The van der Waals surface area contributed by atoms with E-state index in [2.05, 4.69) is 13.8 Å². The molecule has 0 amide bonds. The lowest BCUT2D eigenvalue weighted by molar-refractivity contribution is 0.624. The second-order valence-corrected chi connectivity index (χ2v) is 2.41. The van der Waals surface area contributed by atoms with Crippen molar-refractivity contribution < 1.29 is 0 Å². The van der Waals surface area contributed by atoms with E-state index in [1.807, 2.05) is 0 Å². The van der Waals surface area contributed by atoms with Crippen molar-refractivity contribution in [3.63, 3.8) is 0 Å². The van der Waals surface area contributed by atoms with Crippen molar-refractivity contribution in [1.82, 2.24) is 0 Å². The van der Waals surface area contributed by atoms with Crippen molar-refractivity contribution in [2.45, 2.75) is 52.4 Å². The molecule has 0 aromatic rings. The summed E-state index contributed by atoms with van der Waals surface area (Å²) in [5.41, 5.74) is 0. The minimum absolute atomic E-state index is 0. The summed E-state index contributed by atoms with van der Waals surface area (Å²) >= 11 is 0. The fourth-order valence-electron chi connectivity index (χ4n) is 0.854. The van der Waals surface area contributed by atoms with Gasteiger partial charge in [0.05, 0.1) is 0 Å². The van der Waals surface area contributed by atoms with E-state index in [1.54, 1.807) is 0 Å². The van der Waals surface area contributed by atoms with E-state index < -0.39 is 0 Å². The quantitative estimate of drug-likeness (QED) is 0.495.